The van der Waals surface area contributed by atoms with E-state index in [4.69, 9.17) is 0 Å². The minimum Gasteiger partial charge on any atom is -0.545 e. The van der Waals surface area contributed by atoms with Crippen molar-refractivity contribution in [2.24, 2.45) is 0 Å². The Morgan fingerprint density at radius 2 is 1.79 bits per heavy atom. The smallest absolute Gasteiger partial charge is 0.545 e. The average Bonchev–Trinajstić information content (AvgIpc) is 2.33. The zero-order valence-corrected chi connectivity index (χ0v) is 14.2. The van der Waals surface area contributed by atoms with Crippen LogP contribution in [0.15, 0.2) is 17.7 Å². The predicted octanol–water partition coefficient (Wildman–Crippen LogP) is -0.646. The molecule has 1 aliphatic heterocycles. The molecule has 0 saturated carbocycles. The van der Waals surface area contributed by atoms with E-state index in [9.17, 15) is 36.2 Å². The van der Waals surface area contributed by atoms with Gasteiger partial charge in [0.2, 0.25) is 6.10 Å². The first-order chi connectivity index (χ1) is 10.4. The van der Waals surface area contributed by atoms with Gasteiger partial charge in [-0.3, -0.25) is 0 Å². The molecule has 0 bridgehead atoms. The Morgan fingerprint density at radius 3 is 2.25 bits per heavy atom. The number of alkyl halides is 6. The molecular formula is C13H7F6NaO4. The minimum absolute atomic E-state index is 0. The van der Waals surface area contributed by atoms with Gasteiger partial charge in [-0.15, -0.1) is 13.2 Å². The molecule has 0 radical (unpaired) electrons. The molecule has 1 heterocycles. The molecule has 0 spiro atoms. The Hall–Kier alpha value is -1.39. The number of carbonyl (C=O) groups is 1. The van der Waals surface area contributed by atoms with Crippen LogP contribution >= 0.6 is 0 Å². The van der Waals surface area contributed by atoms with E-state index in [-0.39, 0.29) is 46.4 Å². The molecule has 0 saturated heterocycles. The number of benzene rings is 1. The average molecular weight is 364 g/mol. The molecule has 0 aromatic heterocycles. The van der Waals surface area contributed by atoms with Gasteiger partial charge in [-0.05, 0) is 30.7 Å². The number of ether oxygens (including phenoxy) is 2. The number of carbonyl (C=O) groups excluding carboxylic acids is 1. The van der Waals surface area contributed by atoms with Crippen molar-refractivity contribution in [1.82, 2.24) is 0 Å². The van der Waals surface area contributed by atoms with Gasteiger partial charge in [0.15, 0.2) is 0 Å². The van der Waals surface area contributed by atoms with Crippen LogP contribution in [0, 0.1) is 6.92 Å². The van der Waals surface area contributed by atoms with Crippen LogP contribution in [0.2, 0.25) is 0 Å². The normalized spacial score (nSPS) is 17.1. The van der Waals surface area contributed by atoms with Crippen molar-refractivity contribution in [2.75, 3.05) is 0 Å². The summed E-state index contributed by atoms with van der Waals surface area (Å²) in [5, 5.41) is 10.8. The Bertz CT molecular complexity index is 680. The van der Waals surface area contributed by atoms with Gasteiger partial charge in [0.1, 0.15) is 11.5 Å². The fourth-order valence-corrected chi connectivity index (χ4v) is 2.06. The third-order valence-electron chi connectivity index (χ3n) is 2.87. The molecule has 126 valence electrons. The third kappa shape index (κ3) is 4.58. The zero-order chi connectivity index (χ0) is 17.6. The van der Waals surface area contributed by atoms with E-state index in [0.29, 0.717) is 6.08 Å². The van der Waals surface area contributed by atoms with Crippen LogP contribution < -0.4 is 44.1 Å². The van der Waals surface area contributed by atoms with Crippen LogP contribution in [0.1, 0.15) is 11.1 Å². The summed E-state index contributed by atoms with van der Waals surface area (Å²) in [6.07, 6.45) is -12.3. The number of hydrogen-bond acceptors (Lipinski definition) is 4. The van der Waals surface area contributed by atoms with Crippen molar-refractivity contribution < 1.29 is 75.3 Å². The van der Waals surface area contributed by atoms with Gasteiger partial charge in [-0.25, -0.2) is 0 Å². The molecule has 1 aliphatic rings. The molecule has 24 heavy (non-hydrogen) atoms. The minimum atomic E-state index is -5.03. The molecule has 11 heteroatoms. The number of halogens is 6. The molecule has 4 nitrogen and oxygen atoms in total. The molecule has 0 N–H and O–H groups in total. The fourth-order valence-electron chi connectivity index (χ4n) is 2.06. The Kier molecular flexibility index (Phi) is 5.89. The number of aryl methyl sites for hydroxylation is 1. The first kappa shape index (κ1) is 20.7. The second-order valence-corrected chi connectivity index (χ2v) is 4.63. The van der Waals surface area contributed by atoms with E-state index < -0.39 is 35.9 Å². The van der Waals surface area contributed by atoms with E-state index in [1.165, 1.54) is 6.92 Å². The Labute approximate surface area is 153 Å². The summed E-state index contributed by atoms with van der Waals surface area (Å²) in [5.74, 6) is -3.23. The van der Waals surface area contributed by atoms with Crippen LogP contribution in [0.25, 0.3) is 6.08 Å². The van der Waals surface area contributed by atoms with E-state index in [1.807, 2.05) is 0 Å². The molecule has 1 atom stereocenters. The van der Waals surface area contributed by atoms with Gasteiger partial charge in [0, 0.05) is 11.1 Å². The molecule has 1 unspecified atom stereocenters. The van der Waals surface area contributed by atoms with Crippen molar-refractivity contribution in [2.45, 2.75) is 25.6 Å². The number of hydrogen-bond donors (Lipinski definition) is 0. The van der Waals surface area contributed by atoms with Gasteiger partial charge in [0.25, 0.3) is 0 Å². The Morgan fingerprint density at radius 1 is 1.21 bits per heavy atom. The van der Waals surface area contributed by atoms with Crippen LogP contribution in [-0.2, 0) is 4.79 Å². The van der Waals surface area contributed by atoms with Gasteiger partial charge in [0.05, 0.1) is 5.97 Å². The maximum atomic E-state index is 12.8. The number of fused-ring (bicyclic) bond motifs is 1. The predicted molar refractivity (Wildman–Crippen MR) is 61.3 cm³/mol. The third-order valence-corrected chi connectivity index (χ3v) is 2.87. The van der Waals surface area contributed by atoms with E-state index in [2.05, 4.69) is 9.47 Å². The van der Waals surface area contributed by atoms with Crippen LogP contribution in [-0.4, -0.2) is 24.6 Å². The van der Waals surface area contributed by atoms with Gasteiger partial charge in [-0.2, -0.15) is 13.2 Å². The number of aliphatic carboxylic acids is 1. The first-order valence-electron chi connectivity index (χ1n) is 5.95. The summed E-state index contributed by atoms with van der Waals surface area (Å²) in [6, 6.07) is 1.56. The summed E-state index contributed by atoms with van der Waals surface area (Å²) in [5.41, 5.74) is -1.61. The topological polar surface area (TPSA) is 58.6 Å². The second kappa shape index (κ2) is 6.85. The monoisotopic (exact) mass is 364 g/mol. The van der Waals surface area contributed by atoms with Crippen molar-refractivity contribution >= 4 is 12.0 Å². The van der Waals surface area contributed by atoms with Gasteiger partial charge < -0.3 is 19.4 Å². The van der Waals surface area contributed by atoms with Crippen LogP contribution in [0.4, 0.5) is 26.3 Å². The fraction of sp³-hybridized carbons (Fsp3) is 0.308. The molecule has 0 aliphatic carbocycles. The second-order valence-electron chi connectivity index (χ2n) is 4.63. The molecular weight excluding hydrogens is 357 g/mol. The molecule has 0 fully saturated rings. The van der Waals surface area contributed by atoms with Gasteiger partial charge >= 0.3 is 42.1 Å². The maximum absolute atomic E-state index is 12.8. The standard InChI is InChI=1S/C13H8F6O4.Na/c1-5-2-7(23-13(17,18)19)3-6-4-8(11(20)21)10(12(14,15)16)22-9(5)6;/h2-4,10H,1H3,(H,20,21);/q;+1/p-1. The summed E-state index contributed by atoms with van der Waals surface area (Å²) in [7, 11) is 0. The SMILES string of the molecule is Cc1cc(OC(F)(F)F)cc2c1OC(C(F)(F)F)C(C(=O)[O-])=C2.[Na+]. The van der Waals surface area contributed by atoms with Gasteiger partial charge in [-0.1, -0.05) is 0 Å². The van der Waals surface area contributed by atoms with Crippen molar-refractivity contribution in [3.63, 3.8) is 0 Å². The zero-order valence-electron chi connectivity index (χ0n) is 12.2. The van der Waals surface area contributed by atoms with Crippen LogP contribution in [0.3, 0.4) is 0 Å². The first-order valence-corrected chi connectivity index (χ1v) is 5.95. The number of carboxylic acid groups (broad SMARTS) is 1. The van der Waals surface area contributed by atoms with Crippen molar-refractivity contribution in [3.05, 3.63) is 28.8 Å². The quantitative estimate of drug-likeness (QED) is 0.517. The summed E-state index contributed by atoms with van der Waals surface area (Å²) >= 11 is 0. The van der Waals surface area contributed by atoms with E-state index >= 15 is 0 Å². The number of rotatable bonds is 2. The molecule has 0 amide bonds. The Balaban J connectivity index is 0.00000288. The number of carboxylic acids is 1. The molecule has 1 aromatic rings. The van der Waals surface area contributed by atoms with Crippen molar-refractivity contribution in [3.8, 4) is 11.5 Å². The molecule has 2 rings (SSSR count). The largest absolute Gasteiger partial charge is 1.00 e. The van der Waals surface area contributed by atoms with Crippen LogP contribution in [0.5, 0.6) is 11.5 Å². The summed E-state index contributed by atoms with van der Waals surface area (Å²) in [4.78, 5) is 10.8. The molecule has 1 aromatic carbocycles. The van der Waals surface area contributed by atoms with E-state index in [0.717, 1.165) is 12.1 Å². The van der Waals surface area contributed by atoms with E-state index in [1.54, 1.807) is 0 Å². The summed E-state index contributed by atoms with van der Waals surface area (Å²) in [6.45, 7) is 1.20. The maximum Gasteiger partial charge on any atom is 1.00 e. The van der Waals surface area contributed by atoms with Crippen molar-refractivity contribution in [1.29, 1.82) is 0 Å². The summed E-state index contributed by atoms with van der Waals surface area (Å²) < 4.78 is 83.5.